The van der Waals surface area contributed by atoms with Crippen molar-refractivity contribution in [2.75, 3.05) is 26.7 Å². The van der Waals surface area contributed by atoms with Crippen LogP contribution >= 0.6 is 0 Å². The Bertz CT molecular complexity index is 869. The molecule has 0 radical (unpaired) electrons. The van der Waals surface area contributed by atoms with Gasteiger partial charge in [-0.2, -0.15) is 4.31 Å². The van der Waals surface area contributed by atoms with E-state index in [1.54, 1.807) is 0 Å². The number of ether oxygens (including phenoxy) is 1. The Hall–Kier alpha value is -1.93. The number of amides is 1. The van der Waals surface area contributed by atoms with E-state index in [0.717, 1.165) is 31.4 Å². The molecular formula is C21H29FN2O4S. The van der Waals surface area contributed by atoms with Crippen molar-refractivity contribution < 1.29 is 22.3 Å². The number of hydrogen-bond donors (Lipinski definition) is 1. The first-order chi connectivity index (χ1) is 13.9. The molecule has 1 saturated heterocycles. The first-order valence-corrected chi connectivity index (χ1v) is 11.6. The van der Waals surface area contributed by atoms with E-state index in [1.165, 1.54) is 35.9 Å². The van der Waals surface area contributed by atoms with E-state index in [2.05, 4.69) is 11.4 Å². The fraction of sp³-hybridized carbons (Fsp3) is 0.571. The molecule has 160 valence electrons. The van der Waals surface area contributed by atoms with E-state index >= 15 is 0 Å². The van der Waals surface area contributed by atoms with Gasteiger partial charge in [0.2, 0.25) is 15.9 Å². The van der Waals surface area contributed by atoms with Crippen LogP contribution in [0, 0.1) is 11.7 Å². The molecule has 3 rings (SSSR count). The quantitative estimate of drug-likeness (QED) is 0.682. The molecule has 1 heterocycles. The van der Waals surface area contributed by atoms with Gasteiger partial charge in [-0.25, -0.2) is 12.8 Å². The SMILES string of the molecule is COc1ccc(F)cc1S(=O)(=O)N1CCC[C@H](C(=O)NCCC2=CCCCC2)C1. The lowest BCUT2D eigenvalue weighted by Crippen LogP contribution is -2.45. The number of carbonyl (C=O) groups excluding carboxylic acids is 1. The van der Waals surface area contributed by atoms with Gasteiger partial charge in [0, 0.05) is 19.6 Å². The Morgan fingerprint density at radius 3 is 2.86 bits per heavy atom. The smallest absolute Gasteiger partial charge is 0.246 e. The number of methoxy groups -OCH3 is 1. The van der Waals surface area contributed by atoms with Crippen molar-refractivity contribution in [3.8, 4) is 5.75 Å². The highest BCUT2D eigenvalue weighted by Gasteiger charge is 2.35. The number of hydrogen-bond acceptors (Lipinski definition) is 4. The zero-order valence-corrected chi connectivity index (χ0v) is 17.6. The second-order valence-corrected chi connectivity index (χ2v) is 9.55. The average Bonchev–Trinajstić information content (AvgIpc) is 2.74. The summed E-state index contributed by atoms with van der Waals surface area (Å²) in [5.74, 6) is -1.07. The number of benzene rings is 1. The number of piperidine rings is 1. The second-order valence-electron chi connectivity index (χ2n) is 7.65. The summed E-state index contributed by atoms with van der Waals surface area (Å²) < 4.78 is 46.1. The number of halogens is 1. The predicted octanol–water partition coefficient (Wildman–Crippen LogP) is 3.24. The zero-order chi connectivity index (χ0) is 20.9. The Kier molecular flexibility index (Phi) is 7.29. The van der Waals surface area contributed by atoms with Crippen LogP contribution in [0.25, 0.3) is 0 Å². The van der Waals surface area contributed by atoms with Crippen molar-refractivity contribution in [1.29, 1.82) is 0 Å². The molecule has 8 heteroatoms. The van der Waals surface area contributed by atoms with Gasteiger partial charge >= 0.3 is 0 Å². The van der Waals surface area contributed by atoms with Crippen LogP contribution in [0.15, 0.2) is 34.7 Å². The molecule has 0 unspecified atom stereocenters. The van der Waals surface area contributed by atoms with Crippen LogP contribution in [0.3, 0.4) is 0 Å². The van der Waals surface area contributed by atoms with Crippen molar-refractivity contribution >= 4 is 15.9 Å². The minimum atomic E-state index is -3.95. The number of rotatable bonds is 7. The summed E-state index contributed by atoms with van der Waals surface area (Å²) in [6, 6.07) is 3.43. The van der Waals surface area contributed by atoms with E-state index in [0.29, 0.717) is 25.9 Å². The number of carbonyl (C=O) groups is 1. The van der Waals surface area contributed by atoms with E-state index in [-0.39, 0.29) is 23.1 Å². The number of nitrogens with zero attached hydrogens (tertiary/aromatic N) is 1. The van der Waals surface area contributed by atoms with Gasteiger partial charge in [-0.1, -0.05) is 11.6 Å². The lowest BCUT2D eigenvalue weighted by atomic mass is 9.96. The topological polar surface area (TPSA) is 75.7 Å². The molecule has 6 nitrogen and oxygen atoms in total. The molecule has 2 aliphatic rings. The fourth-order valence-electron chi connectivity index (χ4n) is 3.99. The molecule has 1 aromatic rings. The van der Waals surface area contributed by atoms with Gasteiger partial charge in [-0.3, -0.25) is 4.79 Å². The highest BCUT2D eigenvalue weighted by molar-refractivity contribution is 7.89. The van der Waals surface area contributed by atoms with Crippen LogP contribution in [0.1, 0.15) is 44.9 Å². The highest BCUT2D eigenvalue weighted by Crippen LogP contribution is 2.30. The Morgan fingerprint density at radius 1 is 1.31 bits per heavy atom. The normalized spacial score (nSPS) is 20.8. The van der Waals surface area contributed by atoms with Crippen molar-refractivity contribution in [2.45, 2.75) is 49.8 Å². The monoisotopic (exact) mass is 424 g/mol. The van der Waals surface area contributed by atoms with Crippen LogP contribution in [0.4, 0.5) is 4.39 Å². The summed E-state index contributed by atoms with van der Waals surface area (Å²) in [6.45, 7) is 0.973. The van der Waals surface area contributed by atoms with Gasteiger partial charge in [0.1, 0.15) is 16.5 Å². The van der Waals surface area contributed by atoms with Gasteiger partial charge in [-0.05, 0) is 63.1 Å². The predicted molar refractivity (Wildman–Crippen MR) is 109 cm³/mol. The fourth-order valence-corrected chi connectivity index (χ4v) is 5.68. The molecule has 1 amide bonds. The maximum atomic E-state index is 13.7. The van der Waals surface area contributed by atoms with Crippen molar-refractivity contribution in [3.63, 3.8) is 0 Å². The standard InChI is InChI=1S/C21H29FN2O4S/c1-28-19-10-9-18(22)14-20(19)29(26,27)24-13-5-8-17(15-24)21(25)23-12-11-16-6-3-2-4-7-16/h6,9-10,14,17H,2-5,7-8,11-13,15H2,1H3,(H,23,25)/t17-/m0/s1. The van der Waals surface area contributed by atoms with Gasteiger partial charge in [0.25, 0.3) is 0 Å². The molecule has 1 aliphatic heterocycles. The maximum absolute atomic E-state index is 13.7. The molecular weight excluding hydrogens is 395 g/mol. The third-order valence-corrected chi connectivity index (χ3v) is 7.52. The summed E-state index contributed by atoms with van der Waals surface area (Å²) >= 11 is 0. The largest absolute Gasteiger partial charge is 0.495 e. The minimum absolute atomic E-state index is 0.0938. The molecule has 1 N–H and O–H groups in total. The van der Waals surface area contributed by atoms with Gasteiger partial charge < -0.3 is 10.1 Å². The molecule has 0 spiro atoms. The van der Waals surface area contributed by atoms with Crippen molar-refractivity contribution in [3.05, 3.63) is 35.7 Å². The minimum Gasteiger partial charge on any atom is -0.495 e. The molecule has 1 aliphatic carbocycles. The molecule has 1 fully saturated rings. The molecule has 29 heavy (non-hydrogen) atoms. The van der Waals surface area contributed by atoms with Crippen LogP contribution in [0.2, 0.25) is 0 Å². The first-order valence-electron chi connectivity index (χ1n) is 10.2. The molecule has 0 aromatic heterocycles. The van der Waals surface area contributed by atoms with E-state index in [4.69, 9.17) is 4.74 Å². The van der Waals surface area contributed by atoms with E-state index in [1.807, 2.05) is 0 Å². The van der Waals surface area contributed by atoms with Crippen molar-refractivity contribution in [2.24, 2.45) is 5.92 Å². The van der Waals surface area contributed by atoms with Crippen molar-refractivity contribution in [1.82, 2.24) is 9.62 Å². The molecule has 1 aromatic carbocycles. The lowest BCUT2D eigenvalue weighted by molar-refractivity contribution is -0.126. The molecule has 0 bridgehead atoms. The van der Waals surface area contributed by atoms with E-state index < -0.39 is 21.8 Å². The van der Waals surface area contributed by atoms with Gasteiger partial charge in [-0.15, -0.1) is 0 Å². The molecule has 1 atom stereocenters. The number of nitrogens with one attached hydrogen (secondary N) is 1. The Labute approximate surface area is 172 Å². The average molecular weight is 425 g/mol. The summed E-state index contributed by atoms with van der Waals surface area (Å²) in [4.78, 5) is 12.4. The summed E-state index contributed by atoms with van der Waals surface area (Å²) in [6.07, 6.45) is 8.99. The van der Waals surface area contributed by atoms with Gasteiger partial charge in [0.15, 0.2) is 0 Å². The van der Waals surface area contributed by atoms with Crippen LogP contribution in [0.5, 0.6) is 5.75 Å². The highest BCUT2D eigenvalue weighted by atomic mass is 32.2. The summed E-state index contributed by atoms with van der Waals surface area (Å²) in [5, 5.41) is 2.96. The second kappa shape index (κ2) is 9.71. The van der Waals surface area contributed by atoms with Gasteiger partial charge in [0.05, 0.1) is 13.0 Å². The van der Waals surface area contributed by atoms with E-state index in [9.17, 15) is 17.6 Å². The van der Waals surface area contributed by atoms with Crippen LogP contribution in [-0.4, -0.2) is 45.4 Å². The molecule has 0 saturated carbocycles. The summed E-state index contributed by atoms with van der Waals surface area (Å²) in [5.41, 5.74) is 1.39. The Balaban J connectivity index is 1.63. The third kappa shape index (κ3) is 5.36. The third-order valence-electron chi connectivity index (χ3n) is 5.63. The number of allylic oxidation sites excluding steroid dienone is 1. The van der Waals surface area contributed by atoms with Crippen LogP contribution < -0.4 is 10.1 Å². The first kappa shape index (κ1) is 21.8. The Morgan fingerprint density at radius 2 is 2.14 bits per heavy atom. The van der Waals surface area contributed by atoms with Crippen LogP contribution in [-0.2, 0) is 14.8 Å². The maximum Gasteiger partial charge on any atom is 0.246 e. The summed E-state index contributed by atoms with van der Waals surface area (Å²) in [7, 11) is -2.60. The lowest BCUT2D eigenvalue weighted by Gasteiger charge is -2.31. The zero-order valence-electron chi connectivity index (χ0n) is 16.8. The number of sulfonamides is 1.